The van der Waals surface area contributed by atoms with Crippen LogP contribution in [0.25, 0.3) is 0 Å². The SMILES string of the molecule is O=C(NC(=S)Nc1ccc(S(=O)(=O)N2CCCC2)cc1)c1cccc([N+](=O)[O-])c1. The highest BCUT2D eigenvalue weighted by atomic mass is 32.2. The minimum Gasteiger partial charge on any atom is -0.332 e. The third-order valence-corrected chi connectivity index (χ3v) is 6.48. The summed E-state index contributed by atoms with van der Waals surface area (Å²) < 4.78 is 26.5. The molecule has 11 heteroatoms. The highest BCUT2D eigenvalue weighted by molar-refractivity contribution is 7.89. The topological polar surface area (TPSA) is 122 Å². The first-order valence-corrected chi connectivity index (χ1v) is 10.6. The van der Waals surface area contributed by atoms with Gasteiger partial charge in [-0.2, -0.15) is 4.31 Å². The molecule has 0 saturated carbocycles. The first-order chi connectivity index (χ1) is 13.8. The average Bonchev–Trinajstić information content (AvgIpc) is 3.24. The molecule has 1 amide bonds. The Hall–Kier alpha value is -2.89. The van der Waals surface area contributed by atoms with E-state index in [1.54, 1.807) is 12.1 Å². The van der Waals surface area contributed by atoms with Gasteiger partial charge in [0.05, 0.1) is 9.82 Å². The Morgan fingerprint density at radius 3 is 2.38 bits per heavy atom. The monoisotopic (exact) mass is 434 g/mol. The molecule has 3 rings (SSSR count). The van der Waals surface area contributed by atoms with Gasteiger partial charge in [-0.1, -0.05) is 6.07 Å². The fraction of sp³-hybridized carbons (Fsp3) is 0.222. The summed E-state index contributed by atoms with van der Waals surface area (Å²) in [5.41, 5.74) is 0.386. The van der Waals surface area contributed by atoms with Crippen molar-refractivity contribution in [2.75, 3.05) is 18.4 Å². The van der Waals surface area contributed by atoms with Gasteiger partial charge in [-0.25, -0.2) is 8.42 Å². The lowest BCUT2D eigenvalue weighted by Crippen LogP contribution is -2.34. The van der Waals surface area contributed by atoms with Crippen molar-refractivity contribution in [3.8, 4) is 0 Å². The van der Waals surface area contributed by atoms with E-state index < -0.39 is 20.9 Å². The molecule has 1 saturated heterocycles. The van der Waals surface area contributed by atoms with Crippen LogP contribution in [0.15, 0.2) is 53.4 Å². The van der Waals surface area contributed by atoms with E-state index in [0.29, 0.717) is 18.8 Å². The molecular formula is C18H18N4O5S2. The number of sulfonamides is 1. The Morgan fingerprint density at radius 1 is 1.10 bits per heavy atom. The first kappa shape index (κ1) is 20.8. The van der Waals surface area contributed by atoms with E-state index in [4.69, 9.17) is 12.2 Å². The second kappa shape index (κ2) is 8.64. The van der Waals surface area contributed by atoms with Crippen LogP contribution in [0.2, 0.25) is 0 Å². The van der Waals surface area contributed by atoms with Gasteiger partial charge in [0.1, 0.15) is 0 Å². The number of nitro groups is 1. The maximum absolute atomic E-state index is 12.5. The van der Waals surface area contributed by atoms with Gasteiger partial charge in [-0.15, -0.1) is 0 Å². The predicted octanol–water partition coefficient (Wildman–Crippen LogP) is 2.51. The number of carbonyl (C=O) groups is 1. The summed E-state index contributed by atoms with van der Waals surface area (Å²) >= 11 is 5.09. The molecule has 0 aromatic heterocycles. The second-order valence-electron chi connectivity index (χ2n) is 6.35. The normalized spacial score (nSPS) is 14.3. The van der Waals surface area contributed by atoms with Crippen LogP contribution in [0.3, 0.4) is 0 Å². The van der Waals surface area contributed by atoms with Crippen LogP contribution in [-0.4, -0.2) is 41.8 Å². The van der Waals surface area contributed by atoms with E-state index in [1.165, 1.54) is 34.6 Å². The molecule has 1 heterocycles. The molecule has 2 aromatic rings. The zero-order valence-corrected chi connectivity index (χ0v) is 16.8. The van der Waals surface area contributed by atoms with Crippen LogP contribution in [0.4, 0.5) is 11.4 Å². The maximum atomic E-state index is 12.5. The standard InChI is InChI=1S/C18H18N4O5S2/c23-17(13-4-3-5-15(12-13)22(24)25)20-18(28)19-14-6-8-16(9-7-14)29(26,27)21-10-1-2-11-21/h3-9,12H,1-2,10-11H2,(H2,19,20,23,28). The molecule has 9 nitrogen and oxygen atoms in total. The Morgan fingerprint density at radius 2 is 1.76 bits per heavy atom. The maximum Gasteiger partial charge on any atom is 0.270 e. The van der Waals surface area contributed by atoms with Gasteiger partial charge in [0, 0.05) is 36.5 Å². The van der Waals surface area contributed by atoms with E-state index in [2.05, 4.69) is 10.6 Å². The molecule has 1 fully saturated rings. The zero-order valence-electron chi connectivity index (χ0n) is 15.2. The molecule has 2 aromatic carbocycles. The van der Waals surface area contributed by atoms with Gasteiger partial charge >= 0.3 is 0 Å². The summed E-state index contributed by atoms with van der Waals surface area (Å²) in [6, 6.07) is 11.3. The lowest BCUT2D eigenvalue weighted by Gasteiger charge is -2.16. The van der Waals surface area contributed by atoms with E-state index in [-0.39, 0.29) is 21.3 Å². The zero-order chi connectivity index (χ0) is 21.0. The van der Waals surface area contributed by atoms with Crippen molar-refractivity contribution in [1.82, 2.24) is 9.62 Å². The van der Waals surface area contributed by atoms with Crippen molar-refractivity contribution >= 4 is 44.6 Å². The molecule has 0 atom stereocenters. The van der Waals surface area contributed by atoms with Crippen molar-refractivity contribution < 1.29 is 18.1 Å². The number of benzene rings is 2. The lowest BCUT2D eigenvalue weighted by molar-refractivity contribution is -0.384. The number of amides is 1. The number of nitro benzene ring substituents is 1. The molecule has 29 heavy (non-hydrogen) atoms. The van der Waals surface area contributed by atoms with Gasteiger partial charge in [0.25, 0.3) is 11.6 Å². The van der Waals surface area contributed by atoms with E-state index in [9.17, 15) is 23.3 Å². The number of rotatable bonds is 5. The molecule has 1 aliphatic heterocycles. The number of nitrogens with one attached hydrogen (secondary N) is 2. The Bertz CT molecular complexity index is 1050. The van der Waals surface area contributed by atoms with Gasteiger partial charge in [0.2, 0.25) is 10.0 Å². The third kappa shape index (κ3) is 4.94. The first-order valence-electron chi connectivity index (χ1n) is 8.74. The van der Waals surface area contributed by atoms with Crippen LogP contribution in [0.5, 0.6) is 0 Å². The van der Waals surface area contributed by atoms with Crippen LogP contribution >= 0.6 is 12.2 Å². The summed E-state index contributed by atoms with van der Waals surface area (Å²) in [6.07, 6.45) is 1.72. The smallest absolute Gasteiger partial charge is 0.270 e. The lowest BCUT2D eigenvalue weighted by atomic mass is 10.2. The molecule has 0 aliphatic carbocycles. The molecule has 2 N–H and O–H groups in total. The van der Waals surface area contributed by atoms with Gasteiger partial charge < -0.3 is 5.32 Å². The van der Waals surface area contributed by atoms with Crippen molar-refractivity contribution in [3.63, 3.8) is 0 Å². The number of anilines is 1. The number of non-ortho nitro benzene ring substituents is 1. The molecule has 0 bridgehead atoms. The Kier molecular flexibility index (Phi) is 6.20. The van der Waals surface area contributed by atoms with Gasteiger partial charge in [-0.05, 0) is 55.4 Å². The van der Waals surface area contributed by atoms with Crippen LogP contribution in [0.1, 0.15) is 23.2 Å². The van der Waals surface area contributed by atoms with E-state index in [1.807, 2.05) is 0 Å². The third-order valence-electron chi connectivity index (χ3n) is 4.36. The molecule has 0 radical (unpaired) electrons. The summed E-state index contributed by atoms with van der Waals surface area (Å²) in [6.45, 7) is 1.05. The fourth-order valence-electron chi connectivity index (χ4n) is 2.89. The van der Waals surface area contributed by atoms with Crippen LogP contribution in [-0.2, 0) is 10.0 Å². The number of carbonyl (C=O) groups excluding carboxylic acids is 1. The molecule has 152 valence electrons. The highest BCUT2D eigenvalue weighted by Gasteiger charge is 2.26. The quantitative estimate of drug-likeness (QED) is 0.421. The fourth-order valence-corrected chi connectivity index (χ4v) is 4.61. The number of thiocarbonyl (C=S) groups is 1. The van der Waals surface area contributed by atoms with Crippen LogP contribution in [0, 0.1) is 10.1 Å². The molecular weight excluding hydrogens is 416 g/mol. The summed E-state index contributed by atoms with van der Waals surface area (Å²) in [7, 11) is -3.50. The van der Waals surface area contributed by atoms with Crippen molar-refractivity contribution in [2.24, 2.45) is 0 Å². The van der Waals surface area contributed by atoms with E-state index >= 15 is 0 Å². The highest BCUT2D eigenvalue weighted by Crippen LogP contribution is 2.22. The van der Waals surface area contributed by atoms with Crippen molar-refractivity contribution in [1.29, 1.82) is 0 Å². The van der Waals surface area contributed by atoms with Crippen molar-refractivity contribution in [3.05, 3.63) is 64.2 Å². The van der Waals surface area contributed by atoms with Gasteiger partial charge in [-0.3, -0.25) is 20.2 Å². The van der Waals surface area contributed by atoms with Crippen molar-refractivity contribution in [2.45, 2.75) is 17.7 Å². The second-order valence-corrected chi connectivity index (χ2v) is 8.70. The van der Waals surface area contributed by atoms with E-state index in [0.717, 1.165) is 18.9 Å². The minimum absolute atomic E-state index is 0.0170. The predicted molar refractivity (Wildman–Crippen MR) is 111 cm³/mol. The summed E-state index contributed by atoms with van der Waals surface area (Å²) in [4.78, 5) is 22.6. The number of nitrogens with zero attached hydrogens (tertiary/aromatic N) is 2. The van der Waals surface area contributed by atoms with Gasteiger partial charge in [0.15, 0.2) is 5.11 Å². The number of hydrogen-bond donors (Lipinski definition) is 2. The number of hydrogen-bond acceptors (Lipinski definition) is 6. The largest absolute Gasteiger partial charge is 0.332 e. The molecule has 0 unspecified atom stereocenters. The average molecular weight is 434 g/mol. The molecule has 0 spiro atoms. The molecule has 1 aliphatic rings. The minimum atomic E-state index is -3.50. The summed E-state index contributed by atoms with van der Waals surface area (Å²) in [5, 5.41) is 16.0. The van der Waals surface area contributed by atoms with Crippen LogP contribution < -0.4 is 10.6 Å². The summed E-state index contributed by atoms with van der Waals surface area (Å²) in [5.74, 6) is -0.598. The Labute approximate surface area is 172 Å². The Balaban J connectivity index is 1.63.